The number of benzene rings is 4. The number of aliphatic hydroxyl groups is 1. The molecule has 8 rings (SSSR count). The van der Waals surface area contributed by atoms with Crippen molar-refractivity contribution in [3.8, 4) is 0 Å². The number of carbonyl (C=O) groups is 3. The summed E-state index contributed by atoms with van der Waals surface area (Å²) in [4.78, 5) is 48.0. The lowest BCUT2D eigenvalue weighted by atomic mass is 9.82. The van der Waals surface area contributed by atoms with Crippen LogP contribution in [0.3, 0.4) is 0 Å². The van der Waals surface area contributed by atoms with Crippen molar-refractivity contribution in [2.75, 3.05) is 16.4 Å². The fraction of sp³-hybridized carbons (Fsp3) is 0.357. The summed E-state index contributed by atoms with van der Waals surface area (Å²) in [6.45, 7) is 5.58. The predicted molar refractivity (Wildman–Crippen MR) is 200 cm³/mol. The van der Waals surface area contributed by atoms with Crippen LogP contribution in [0.15, 0.2) is 97.1 Å². The molecule has 1 spiro atoms. The second-order valence-corrected chi connectivity index (χ2v) is 19.0. The van der Waals surface area contributed by atoms with Crippen molar-refractivity contribution in [3.63, 3.8) is 0 Å². The molecule has 5 atom stereocenters. The summed E-state index contributed by atoms with van der Waals surface area (Å²) in [6.07, 6.45) is 0.541. The second-order valence-electron chi connectivity index (χ2n) is 15.2. The summed E-state index contributed by atoms with van der Waals surface area (Å²) >= 11 is 0. The van der Waals surface area contributed by atoms with Gasteiger partial charge in [-0.2, -0.15) is 0 Å². The van der Waals surface area contributed by atoms with Gasteiger partial charge in [0.2, 0.25) is 20.2 Å². The zero-order valence-electron chi connectivity index (χ0n) is 29.8. The summed E-state index contributed by atoms with van der Waals surface area (Å²) < 4.78 is 23.7. The van der Waals surface area contributed by atoms with Gasteiger partial charge in [-0.3, -0.25) is 19.3 Å². The van der Waals surface area contributed by atoms with Gasteiger partial charge in [0.25, 0.3) is 5.91 Å². The van der Waals surface area contributed by atoms with E-state index in [-0.39, 0.29) is 37.3 Å². The fourth-order valence-electron chi connectivity index (χ4n) is 9.34. The second kappa shape index (κ2) is 13.1. The van der Waals surface area contributed by atoms with Crippen molar-refractivity contribution in [1.82, 2.24) is 4.90 Å². The molecule has 4 aromatic rings. The lowest BCUT2D eigenvalue weighted by Gasteiger charge is -2.37. The van der Waals surface area contributed by atoms with Crippen LogP contribution in [0.1, 0.15) is 47.6 Å². The topological polar surface area (TPSA) is 90.4 Å². The quantitative estimate of drug-likeness (QED) is 0.165. The number of para-hydroxylation sites is 1. The largest absolute Gasteiger partial charge is 0.394 e. The van der Waals surface area contributed by atoms with Crippen molar-refractivity contribution in [2.45, 2.75) is 82.1 Å². The predicted octanol–water partition coefficient (Wildman–Crippen LogP) is 6.96. The summed E-state index contributed by atoms with van der Waals surface area (Å²) in [5, 5.41) is 10.3. The van der Waals surface area contributed by atoms with Gasteiger partial charge in [-0.15, -0.1) is 0 Å². The molecule has 8 nitrogen and oxygen atoms in total. The molecule has 1 fully saturated rings. The van der Waals surface area contributed by atoms with Gasteiger partial charge in [-0.25, -0.2) is 0 Å². The molecule has 4 heterocycles. The van der Waals surface area contributed by atoms with E-state index in [2.05, 4.69) is 0 Å². The van der Waals surface area contributed by atoms with Crippen LogP contribution in [0, 0.1) is 5.92 Å². The van der Waals surface area contributed by atoms with Gasteiger partial charge in [0, 0.05) is 35.7 Å². The van der Waals surface area contributed by atoms with Gasteiger partial charge < -0.3 is 23.8 Å². The third kappa shape index (κ3) is 5.59. The van der Waals surface area contributed by atoms with Gasteiger partial charge in [-0.1, -0.05) is 79.7 Å². The van der Waals surface area contributed by atoms with Crippen LogP contribution in [-0.2, 0) is 50.7 Å². The molecule has 0 saturated carbocycles. The first-order chi connectivity index (χ1) is 25.0. The average Bonchev–Trinajstić information content (AvgIpc) is 3.56. The standard InChI is InChI=1S/C42H44FN3O5Si/c1-27-40(52(2,3)43)37(23-39(49)44-25-31-15-8-7-14-30(31)21-33(44)26-47)51-42(27)34-22-32(46-35-16-10-9-13-29(35)17-20-38(46)48)18-19-36(34)45(41(42)50)24-28-11-5-4-6-12-28/h4-16,18-19,22,27,33,37,40,47H,17,20-21,23-26H2,1-3H3/t27-,33-,37+,40-,42+/m0/s1. The van der Waals surface area contributed by atoms with Crippen molar-refractivity contribution in [2.24, 2.45) is 5.92 Å². The Morgan fingerprint density at radius 2 is 1.60 bits per heavy atom. The first-order valence-electron chi connectivity index (χ1n) is 18.3. The highest BCUT2D eigenvalue weighted by Crippen LogP contribution is 2.61. The first-order valence-corrected chi connectivity index (χ1v) is 21.2. The smallest absolute Gasteiger partial charge is 0.264 e. The average molecular weight is 718 g/mol. The fourth-order valence-corrected chi connectivity index (χ4v) is 11.8. The van der Waals surface area contributed by atoms with E-state index < -0.39 is 37.6 Å². The van der Waals surface area contributed by atoms with Gasteiger partial charge in [0.15, 0.2) is 5.60 Å². The number of hydrogen-bond donors (Lipinski definition) is 1. The SMILES string of the molecule is C[C@H]1[C@H]([Si](C)(C)F)[C@@H](CC(=O)N2Cc3ccccc3C[C@H]2CO)O[C@]12C(=O)N(Cc1ccccc1)c1ccc(N3C(=O)CCc4ccccc43)cc12. The van der Waals surface area contributed by atoms with Crippen molar-refractivity contribution >= 4 is 43.2 Å². The zero-order chi connectivity index (χ0) is 36.4. The number of carbonyl (C=O) groups excluding carboxylic acids is 3. The van der Waals surface area contributed by atoms with Gasteiger partial charge in [0.1, 0.15) is 0 Å². The molecule has 1 saturated heterocycles. The monoisotopic (exact) mass is 717 g/mol. The minimum Gasteiger partial charge on any atom is -0.394 e. The van der Waals surface area contributed by atoms with E-state index in [1.54, 1.807) is 27.8 Å². The van der Waals surface area contributed by atoms with Crippen LogP contribution in [0.25, 0.3) is 0 Å². The normalized spacial score (nSPS) is 25.4. The van der Waals surface area contributed by atoms with Crippen molar-refractivity contribution in [1.29, 1.82) is 0 Å². The number of rotatable bonds is 7. The van der Waals surface area contributed by atoms with Crippen LogP contribution >= 0.6 is 0 Å². The number of halogens is 1. The van der Waals surface area contributed by atoms with Crippen LogP contribution in [-0.4, -0.2) is 54.9 Å². The number of amides is 3. The molecule has 268 valence electrons. The Kier molecular flexibility index (Phi) is 8.67. The van der Waals surface area contributed by atoms with E-state index in [1.807, 2.05) is 104 Å². The molecule has 0 aromatic heterocycles. The van der Waals surface area contributed by atoms with Gasteiger partial charge >= 0.3 is 0 Å². The first kappa shape index (κ1) is 34.4. The molecule has 0 unspecified atom stereocenters. The number of aliphatic hydroxyl groups excluding tert-OH is 1. The molecule has 0 aliphatic carbocycles. The highest BCUT2D eigenvalue weighted by atomic mass is 28.4. The lowest BCUT2D eigenvalue weighted by molar-refractivity contribution is -0.151. The van der Waals surface area contributed by atoms with Gasteiger partial charge in [-0.05, 0) is 72.5 Å². The molecule has 52 heavy (non-hydrogen) atoms. The molecule has 4 aliphatic rings. The Morgan fingerprint density at radius 1 is 0.904 bits per heavy atom. The Bertz CT molecular complexity index is 2050. The lowest BCUT2D eigenvalue weighted by Crippen LogP contribution is -2.48. The molecular weight excluding hydrogens is 674 g/mol. The maximum absolute atomic E-state index is 16.7. The van der Waals surface area contributed by atoms with Crippen LogP contribution in [0.5, 0.6) is 0 Å². The molecular formula is C42H44FN3O5Si. The van der Waals surface area contributed by atoms with E-state index >= 15 is 8.90 Å². The highest BCUT2D eigenvalue weighted by molar-refractivity contribution is 6.72. The van der Waals surface area contributed by atoms with E-state index in [0.29, 0.717) is 42.7 Å². The molecule has 10 heteroatoms. The van der Waals surface area contributed by atoms with Crippen LogP contribution in [0.4, 0.5) is 21.2 Å². The number of ether oxygens (including phenoxy) is 1. The number of fused-ring (bicyclic) bond motifs is 4. The summed E-state index contributed by atoms with van der Waals surface area (Å²) in [5.41, 5.74) is 4.52. The summed E-state index contributed by atoms with van der Waals surface area (Å²) in [7, 11) is -3.57. The van der Waals surface area contributed by atoms with Crippen molar-refractivity contribution < 1.29 is 28.3 Å². The zero-order valence-corrected chi connectivity index (χ0v) is 30.8. The van der Waals surface area contributed by atoms with E-state index in [0.717, 1.165) is 27.9 Å². The molecule has 4 aliphatic heterocycles. The van der Waals surface area contributed by atoms with Crippen LogP contribution < -0.4 is 9.80 Å². The summed E-state index contributed by atoms with van der Waals surface area (Å²) in [6, 6.07) is 30.7. The van der Waals surface area contributed by atoms with Gasteiger partial charge in [0.05, 0.1) is 43.1 Å². The molecule has 1 N–H and O–H groups in total. The van der Waals surface area contributed by atoms with Crippen molar-refractivity contribution in [3.05, 3.63) is 125 Å². The van der Waals surface area contributed by atoms with E-state index in [4.69, 9.17) is 4.74 Å². The summed E-state index contributed by atoms with van der Waals surface area (Å²) in [5.74, 6) is -1.18. The minimum atomic E-state index is -3.57. The molecule has 4 aromatic carbocycles. The maximum atomic E-state index is 16.7. The number of aryl methyl sites for hydroxylation is 1. The maximum Gasteiger partial charge on any atom is 0.264 e. The third-order valence-electron chi connectivity index (χ3n) is 11.7. The molecule has 0 radical (unpaired) electrons. The van der Waals surface area contributed by atoms with E-state index in [1.165, 1.54) is 0 Å². The molecule has 3 amide bonds. The Hall–Kier alpha value is -4.64. The highest BCUT2D eigenvalue weighted by Gasteiger charge is 2.67. The number of hydrogen-bond acceptors (Lipinski definition) is 5. The number of nitrogens with zero attached hydrogens (tertiary/aromatic N) is 3. The Morgan fingerprint density at radius 3 is 2.33 bits per heavy atom. The Labute approximate surface area is 305 Å². The number of anilines is 3. The molecule has 0 bridgehead atoms. The third-order valence-corrected chi connectivity index (χ3v) is 14.2. The Balaban J connectivity index is 1.21. The van der Waals surface area contributed by atoms with E-state index in [9.17, 15) is 14.7 Å². The van der Waals surface area contributed by atoms with Crippen LogP contribution in [0.2, 0.25) is 18.6 Å². The minimum absolute atomic E-state index is 0.0428.